The quantitative estimate of drug-likeness (QED) is 0.915. The van der Waals surface area contributed by atoms with Crippen LogP contribution in [0, 0.1) is 0 Å². The lowest BCUT2D eigenvalue weighted by molar-refractivity contribution is -0.141. The van der Waals surface area contributed by atoms with Crippen LogP contribution in [0.25, 0.3) is 0 Å². The summed E-state index contributed by atoms with van der Waals surface area (Å²) in [4.78, 5) is 8.98. The number of hydrogen-bond donors (Lipinski definition) is 1. The second-order valence-electron chi connectivity index (χ2n) is 4.29. The van der Waals surface area contributed by atoms with Gasteiger partial charge in [0.1, 0.15) is 16.5 Å². The number of nitrogens with one attached hydrogen (secondary N) is 1. The Kier molecular flexibility index (Phi) is 4.27. The lowest BCUT2D eigenvalue weighted by Crippen LogP contribution is -2.12. The average Bonchev–Trinajstić information content (AvgIpc) is 2.87. The Morgan fingerprint density at radius 1 is 1.35 bits per heavy atom. The summed E-state index contributed by atoms with van der Waals surface area (Å²) in [6.45, 7) is 3.88. The van der Waals surface area contributed by atoms with Crippen LogP contribution in [0.3, 0.4) is 0 Å². The first-order valence-corrected chi connectivity index (χ1v) is 6.97. The molecule has 7 heteroatoms. The molecule has 0 radical (unpaired) electrons. The van der Waals surface area contributed by atoms with E-state index in [2.05, 4.69) is 15.3 Å². The third-order valence-corrected chi connectivity index (χ3v) is 4.02. The molecule has 0 aliphatic carbocycles. The van der Waals surface area contributed by atoms with Crippen LogP contribution in [0.1, 0.15) is 35.5 Å². The molecular weight excluding hydrogens is 287 g/mol. The van der Waals surface area contributed by atoms with E-state index in [9.17, 15) is 13.2 Å². The SMILES string of the molecule is CCc1cnc(C(C)Nc2cccc(C(F)(F)F)n2)s1. The Morgan fingerprint density at radius 3 is 2.70 bits per heavy atom. The van der Waals surface area contributed by atoms with Crippen LogP contribution in [0.5, 0.6) is 0 Å². The van der Waals surface area contributed by atoms with Crippen molar-refractivity contribution in [2.75, 3.05) is 5.32 Å². The molecule has 0 aliphatic heterocycles. The van der Waals surface area contributed by atoms with Gasteiger partial charge in [-0.3, -0.25) is 0 Å². The van der Waals surface area contributed by atoms with Crippen molar-refractivity contribution in [2.24, 2.45) is 0 Å². The highest BCUT2D eigenvalue weighted by molar-refractivity contribution is 7.11. The molecule has 1 N–H and O–H groups in total. The predicted molar refractivity (Wildman–Crippen MR) is 72.8 cm³/mol. The summed E-state index contributed by atoms with van der Waals surface area (Å²) in [5.74, 6) is 0.195. The first-order valence-electron chi connectivity index (χ1n) is 6.15. The normalized spacial score (nSPS) is 13.2. The molecule has 2 aromatic rings. The number of halogens is 3. The standard InChI is InChI=1S/C13H14F3N3S/c1-3-9-7-17-12(20-9)8(2)18-11-6-4-5-10(19-11)13(14,15)16/h4-8H,3H2,1-2H3,(H,18,19). The molecule has 0 bridgehead atoms. The Bertz CT molecular complexity index is 580. The van der Waals surface area contributed by atoms with E-state index in [1.807, 2.05) is 13.8 Å². The minimum absolute atomic E-state index is 0.184. The Labute approximate surface area is 118 Å². The predicted octanol–water partition coefficient (Wildman–Crippen LogP) is 4.29. The largest absolute Gasteiger partial charge is 0.433 e. The fraction of sp³-hybridized carbons (Fsp3) is 0.385. The maximum Gasteiger partial charge on any atom is 0.433 e. The zero-order chi connectivity index (χ0) is 14.8. The Hall–Kier alpha value is -1.63. The molecule has 2 heterocycles. The summed E-state index contributed by atoms with van der Waals surface area (Å²) >= 11 is 1.55. The molecule has 2 rings (SSSR count). The van der Waals surface area contributed by atoms with E-state index in [-0.39, 0.29) is 11.9 Å². The Balaban J connectivity index is 2.13. The molecule has 20 heavy (non-hydrogen) atoms. The number of thiazole rings is 1. The molecule has 0 fully saturated rings. The van der Waals surface area contributed by atoms with Gasteiger partial charge in [0.25, 0.3) is 0 Å². The van der Waals surface area contributed by atoms with Crippen LogP contribution in [-0.2, 0) is 12.6 Å². The molecule has 108 valence electrons. The van der Waals surface area contributed by atoms with Gasteiger partial charge in [0, 0.05) is 11.1 Å². The number of anilines is 1. The van der Waals surface area contributed by atoms with Gasteiger partial charge in [0.05, 0.1) is 6.04 Å². The lowest BCUT2D eigenvalue weighted by atomic mass is 10.3. The number of rotatable bonds is 4. The first kappa shape index (κ1) is 14.8. The van der Waals surface area contributed by atoms with E-state index in [1.165, 1.54) is 12.1 Å². The maximum absolute atomic E-state index is 12.6. The van der Waals surface area contributed by atoms with Crippen LogP contribution in [0.15, 0.2) is 24.4 Å². The summed E-state index contributed by atoms with van der Waals surface area (Å²) in [5.41, 5.74) is -0.900. The number of nitrogens with zero attached hydrogens (tertiary/aromatic N) is 2. The molecule has 0 saturated carbocycles. The van der Waals surface area contributed by atoms with Crippen LogP contribution in [0.2, 0.25) is 0 Å². The third kappa shape index (κ3) is 3.47. The molecule has 2 aromatic heterocycles. The van der Waals surface area contributed by atoms with Crippen molar-refractivity contribution >= 4 is 17.2 Å². The van der Waals surface area contributed by atoms with Crippen molar-refractivity contribution in [2.45, 2.75) is 32.5 Å². The highest BCUT2D eigenvalue weighted by Gasteiger charge is 2.32. The van der Waals surface area contributed by atoms with Gasteiger partial charge in [-0.05, 0) is 25.5 Å². The summed E-state index contributed by atoms with van der Waals surface area (Å²) in [6.07, 6.45) is -1.75. The number of pyridine rings is 1. The molecule has 0 spiro atoms. The zero-order valence-corrected chi connectivity index (χ0v) is 11.8. The van der Waals surface area contributed by atoms with E-state index >= 15 is 0 Å². The average molecular weight is 301 g/mol. The molecule has 3 nitrogen and oxygen atoms in total. The highest BCUT2D eigenvalue weighted by atomic mass is 32.1. The maximum atomic E-state index is 12.6. The third-order valence-electron chi connectivity index (χ3n) is 2.69. The van der Waals surface area contributed by atoms with Gasteiger partial charge in [0.15, 0.2) is 0 Å². The van der Waals surface area contributed by atoms with E-state index in [0.29, 0.717) is 0 Å². The van der Waals surface area contributed by atoms with Gasteiger partial charge >= 0.3 is 6.18 Å². The lowest BCUT2D eigenvalue weighted by Gasteiger charge is -2.13. The van der Waals surface area contributed by atoms with Gasteiger partial charge < -0.3 is 5.32 Å². The van der Waals surface area contributed by atoms with Crippen molar-refractivity contribution < 1.29 is 13.2 Å². The molecule has 1 atom stereocenters. The number of aromatic nitrogens is 2. The second kappa shape index (κ2) is 5.78. The van der Waals surface area contributed by atoms with Crippen molar-refractivity contribution in [3.8, 4) is 0 Å². The fourth-order valence-corrected chi connectivity index (χ4v) is 2.50. The Morgan fingerprint density at radius 2 is 2.10 bits per heavy atom. The van der Waals surface area contributed by atoms with Crippen molar-refractivity contribution in [1.82, 2.24) is 9.97 Å². The second-order valence-corrected chi connectivity index (χ2v) is 5.44. The van der Waals surface area contributed by atoms with E-state index in [0.717, 1.165) is 22.4 Å². The molecule has 1 unspecified atom stereocenters. The van der Waals surface area contributed by atoms with Crippen LogP contribution >= 0.6 is 11.3 Å². The van der Waals surface area contributed by atoms with Crippen molar-refractivity contribution in [1.29, 1.82) is 0 Å². The minimum atomic E-state index is -4.43. The molecule has 0 saturated heterocycles. The fourth-order valence-electron chi connectivity index (χ4n) is 1.64. The molecular formula is C13H14F3N3S. The number of alkyl halides is 3. The monoisotopic (exact) mass is 301 g/mol. The van der Waals surface area contributed by atoms with Gasteiger partial charge in [0.2, 0.25) is 0 Å². The summed E-state index contributed by atoms with van der Waals surface area (Å²) in [7, 11) is 0. The van der Waals surface area contributed by atoms with Gasteiger partial charge in [-0.25, -0.2) is 9.97 Å². The summed E-state index contributed by atoms with van der Waals surface area (Å²) in [5, 5.41) is 3.78. The van der Waals surface area contributed by atoms with Crippen LogP contribution in [0.4, 0.5) is 19.0 Å². The van der Waals surface area contributed by atoms with E-state index in [4.69, 9.17) is 0 Å². The van der Waals surface area contributed by atoms with Crippen molar-refractivity contribution in [3.63, 3.8) is 0 Å². The van der Waals surface area contributed by atoms with Gasteiger partial charge in [-0.2, -0.15) is 13.2 Å². The molecule has 0 amide bonds. The number of aryl methyl sites for hydroxylation is 1. The van der Waals surface area contributed by atoms with E-state index in [1.54, 1.807) is 17.5 Å². The molecule has 0 aliphatic rings. The van der Waals surface area contributed by atoms with Gasteiger partial charge in [-0.15, -0.1) is 11.3 Å². The van der Waals surface area contributed by atoms with Crippen molar-refractivity contribution in [3.05, 3.63) is 40.0 Å². The summed E-state index contributed by atoms with van der Waals surface area (Å²) < 4.78 is 37.7. The highest BCUT2D eigenvalue weighted by Crippen LogP contribution is 2.29. The van der Waals surface area contributed by atoms with Crippen LogP contribution < -0.4 is 5.32 Å². The smallest absolute Gasteiger partial charge is 0.361 e. The van der Waals surface area contributed by atoms with Gasteiger partial charge in [-0.1, -0.05) is 13.0 Å². The van der Waals surface area contributed by atoms with E-state index < -0.39 is 11.9 Å². The molecule has 0 aromatic carbocycles. The topological polar surface area (TPSA) is 37.8 Å². The minimum Gasteiger partial charge on any atom is -0.361 e. The zero-order valence-electron chi connectivity index (χ0n) is 11.0. The summed E-state index contributed by atoms with van der Waals surface area (Å²) in [6, 6.07) is 3.62. The first-order chi connectivity index (χ1) is 9.40. The van der Waals surface area contributed by atoms with Crippen LogP contribution in [-0.4, -0.2) is 9.97 Å². The number of hydrogen-bond acceptors (Lipinski definition) is 4.